The number of ether oxygens (including phenoxy) is 3. The average Bonchev–Trinajstić information content (AvgIpc) is 2.85. The minimum atomic E-state index is -0.659. The lowest BCUT2D eigenvalue weighted by Crippen LogP contribution is -2.34. The summed E-state index contributed by atoms with van der Waals surface area (Å²) in [5.41, 5.74) is 3.66. The second-order valence-electron chi connectivity index (χ2n) is 6.41. The van der Waals surface area contributed by atoms with E-state index in [-0.39, 0.29) is 18.3 Å². The smallest absolute Gasteiger partial charge is 0.164 e. The predicted octanol–water partition coefficient (Wildman–Crippen LogP) is 1.74. The molecule has 4 atom stereocenters. The van der Waals surface area contributed by atoms with Gasteiger partial charge in [-0.1, -0.05) is 18.2 Å². The maximum atomic E-state index is 10.6. The summed E-state index contributed by atoms with van der Waals surface area (Å²) < 4.78 is 17.4. The first-order valence-corrected chi connectivity index (χ1v) is 7.30. The van der Waals surface area contributed by atoms with Crippen molar-refractivity contribution in [3.05, 3.63) is 34.9 Å². The maximum absolute atomic E-state index is 10.6. The van der Waals surface area contributed by atoms with Crippen LogP contribution in [-0.4, -0.2) is 35.8 Å². The summed E-state index contributed by atoms with van der Waals surface area (Å²) in [6, 6.07) is 6.21. The Balaban J connectivity index is 1.56. The Kier molecular flexibility index (Phi) is 2.73. The fourth-order valence-corrected chi connectivity index (χ4v) is 3.43. The lowest BCUT2D eigenvalue weighted by Gasteiger charge is -2.27. The zero-order valence-corrected chi connectivity index (χ0v) is 11.8. The van der Waals surface area contributed by atoms with Gasteiger partial charge in [-0.3, -0.25) is 0 Å². The van der Waals surface area contributed by atoms with E-state index >= 15 is 0 Å². The summed E-state index contributed by atoms with van der Waals surface area (Å²) in [6.07, 6.45) is 0.998. The molecule has 4 rings (SSSR count). The normalized spacial score (nSPS) is 35.2. The molecule has 0 aromatic heterocycles. The molecule has 20 heavy (non-hydrogen) atoms. The lowest BCUT2D eigenvalue weighted by molar-refractivity contribution is -0.184. The van der Waals surface area contributed by atoms with E-state index in [9.17, 15) is 5.11 Å². The van der Waals surface area contributed by atoms with Crippen LogP contribution < -0.4 is 0 Å². The molecule has 2 aliphatic heterocycles. The quantitative estimate of drug-likeness (QED) is 0.894. The van der Waals surface area contributed by atoms with Crippen molar-refractivity contribution in [3.63, 3.8) is 0 Å². The molecular formula is C16H20O4. The second-order valence-corrected chi connectivity index (χ2v) is 6.41. The zero-order valence-electron chi connectivity index (χ0n) is 11.8. The van der Waals surface area contributed by atoms with Gasteiger partial charge in [-0.15, -0.1) is 0 Å². The van der Waals surface area contributed by atoms with Gasteiger partial charge in [0.25, 0.3) is 0 Å². The van der Waals surface area contributed by atoms with Gasteiger partial charge in [0.2, 0.25) is 0 Å². The average molecular weight is 276 g/mol. The maximum Gasteiger partial charge on any atom is 0.164 e. The SMILES string of the molecule is CC1(C)OC2COC(C(O)c3ccc4c(c3)CC4)C2O1. The van der Waals surface area contributed by atoms with Crippen molar-refractivity contribution in [1.82, 2.24) is 0 Å². The van der Waals surface area contributed by atoms with Crippen molar-refractivity contribution in [1.29, 1.82) is 0 Å². The third-order valence-electron chi connectivity index (χ3n) is 4.54. The highest BCUT2D eigenvalue weighted by Gasteiger charge is 2.52. The molecule has 2 saturated heterocycles. The highest BCUT2D eigenvalue weighted by Crippen LogP contribution is 2.40. The van der Waals surface area contributed by atoms with E-state index in [4.69, 9.17) is 14.2 Å². The van der Waals surface area contributed by atoms with Gasteiger partial charge in [-0.05, 0) is 43.4 Å². The van der Waals surface area contributed by atoms with Crippen molar-refractivity contribution in [3.8, 4) is 0 Å². The molecule has 0 spiro atoms. The van der Waals surface area contributed by atoms with Crippen LogP contribution in [0.25, 0.3) is 0 Å². The number of aryl methyl sites for hydroxylation is 2. The van der Waals surface area contributed by atoms with E-state index in [0.29, 0.717) is 6.61 Å². The Bertz CT molecular complexity index is 539. The first kappa shape index (κ1) is 12.8. The van der Waals surface area contributed by atoms with Crippen LogP contribution in [0.15, 0.2) is 18.2 Å². The molecule has 2 fully saturated rings. The first-order chi connectivity index (χ1) is 9.53. The molecule has 0 radical (unpaired) electrons. The third-order valence-corrected chi connectivity index (χ3v) is 4.54. The number of fused-ring (bicyclic) bond motifs is 2. The van der Waals surface area contributed by atoms with Gasteiger partial charge in [0.05, 0.1) is 6.61 Å². The first-order valence-electron chi connectivity index (χ1n) is 7.30. The van der Waals surface area contributed by atoms with E-state index in [0.717, 1.165) is 18.4 Å². The highest BCUT2D eigenvalue weighted by atomic mass is 16.8. The minimum absolute atomic E-state index is 0.0729. The largest absolute Gasteiger partial charge is 0.386 e. The minimum Gasteiger partial charge on any atom is -0.386 e. The molecule has 0 saturated carbocycles. The molecule has 1 aliphatic carbocycles. The van der Waals surface area contributed by atoms with Gasteiger partial charge >= 0.3 is 0 Å². The van der Waals surface area contributed by atoms with E-state index < -0.39 is 11.9 Å². The molecular weight excluding hydrogens is 256 g/mol. The van der Waals surface area contributed by atoms with Gasteiger partial charge in [0.1, 0.15) is 24.4 Å². The van der Waals surface area contributed by atoms with Crippen LogP contribution in [0, 0.1) is 0 Å². The number of aliphatic hydroxyl groups is 1. The second kappa shape index (κ2) is 4.28. The third kappa shape index (κ3) is 1.91. The van der Waals surface area contributed by atoms with Crippen LogP contribution in [0.3, 0.4) is 0 Å². The fraction of sp³-hybridized carbons (Fsp3) is 0.625. The zero-order chi connectivity index (χ0) is 13.9. The van der Waals surface area contributed by atoms with Crippen LogP contribution in [0.2, 0.25) is 0 Å². The van der Waals surface area contributed by atoms with Crippen LogP contribution in [0.5, 0.6) is 0 Å². The molecule has 1 aromatic carbocycles. The van der Waals surface area contributed by atoms with E-state index in [2.05, 4.69) is 12.1 Å². The highest BCUT2D eigenvalue weighted by molar-refractivity contribution is 5.39. The Morgan fingerprint density at radius 2 is 2.00 bits per heavy atom. The van der Waals surface area contributed by atoms with Gasteiger partial charge in [-0.25, -0.2) is 0 Å². The van der Waals surface area contributed by atoms with Crippen LogP contribution >= 0.6 is 0 Å². The number of rotatable bonds is 2. The number of benzene rings is 1. The molecule has 0 amide bonds. The van der Waals surface area contributed by atoms with Crippen molar-refractivity contribution in [2.45, 2.75) is 56.9 Å². The van der Waals surface area contributed by atoms with Gasteiger partial charge in [-0.2, -0.15) is 0 Å². The van der Waals surface area contributed by atoms with Crippen molar-refractivity contribution in [2.75, 3.05) is 6.61 Å². The van der Waals surface area contributed by atoms with Crippen LogP contribution in [0.4, 0.5) is 0 Å². The standard InChI is InChI=1S/C16H20O4/c1-16(2)19-12-8-18-15(14(12)20-16)13(17)11-6-4-9-3-5-10(9)7-11/h4,6-7,12-15,17H,3,5,8H2,1-2H3. The Hall–Kier alpha value is -0.940. The fourth-order valence-electron chi connectivity index (χ4n) is 3.43. The molecule has 1 aromatic rings. The van der Waals surface area contributed by atoms with Crippen molar-refractivity contribution >= 4 is 0 Å². The number of aliphatic hydroxyl groups excluding tert-OH is 1. The van der Waals surface area contributed by atoms with Crippen molar-refractivity contribution in [2.24, 2.45) is 0 Å². The van der Waals surface area contributed by atoms with Crippen molar-refractivity contribution < 1.29 is 19.3 Å². The van der Waals surface area contributed by atoms with E-state index in [1.54, 1.807) is 0 Å². The van der Waals surface area contributed by atoms with E-state index in [1.807, 2.05) is 19.9 Å². The summed E-state index contributed by atoms with van der Waals surface area (Å²) >= 11 is 0. The summed E-state index contributed by atoms with van der Waals surface area (Å²) in [7, 11) is 0. The molecule has 4 nitrogen and oxygen atoms in total. The molecule has 108 valence electrons. The summed E-state index contributed by atoms with van der Waals surface area (Å²) in [5.74, 6) is -0.586. The Morgan fingerprint density at radius 3 is 2.70 bits per heavy atom. The van der Waals surface area contributed by atoms with Crippen LogP contribution in [-0.2, 0) is 27.1 Å². The Morgan fingerprint density at radius 1 is 1.20 bits per heavy atom. The molecule has 3 aliphatic rings. The molecule has 4 heteroatoms. The van der Waals surface area contributed by atoms with E-state index in [1.165, 1.54) is 11.1 Å². The number of hydrogen-bond acceptors (Lipinski definition) is 4. The van der Waals surface area contributed by atoms with Gasteiger partial charge in [0.15, 0.2) is 5.79 Å². The van der Waals surface area contributed by atoms with Crippen LogP contribution in [0.1, 0.15) is 36.6 Å². The summed E-state index contributed by atoms with van der Waals surface area (Å²) in [6.45, 7) is 4.29. The molecule has 0 bridgehead atoms. The van der Waals surface area contributed by atoms with Gasteiger partial charge in [0, 0.05) is 0 Å². The predicted molar refractivity (Wildman–Crippen MR) is 72.4 cm³/mol. The molecule has 1 N–H and O–H groups in total. The molecule has 4 unspecified atom stereocenters. The Labute approximate surface area is 118 Å². The monoisotopic (exact) mass is 276 g/mol. The number of hydrogen-bond donors (Lipinski definition) is 1. The lowest BCUT2D eigenvalue weighted by atomic mass is 9.85. The van der Waals surface area contributed by atoms with Gasteiger partial charge < -0.3 is 19.3 Å². The summed E-state index contributed by atoms with van der Waals surface area (Å²) in [5, 5.41) is 10.6. The molecule has 2 heterocycles. The summed E-state index contributed by atoms with van der Waals surface area (Å²) in [4.78, 5) is 0. The topological polar surface area (TPSA) is 47.9 Å².